The average molecular weight is 268 g/mol. The fraction of sp³-hybridized carbons (Fsp3) is 0.188. The van der Waals surface area contributed by atoms with Gasteiger partial charge in [-0.3, -0.25) is 0 Å². The van der Waals surface area contributed by atoms with Crippen molar-refractivity contribution in [3.8, 4) is 6.07 Å². The molecule has 20 heavy (non-hydrogen) atoms. The predicted octanol–water partition coefficient (Wildman–Crippen LogP) is 3.38. The first-order valence-corrected chi connectivity index (χ1v) is 6.39. The van der Waals surface area contributed by atoms with Gasteiger partial charge in [-0.15, -0.1) is 0 Å². The summed E-state index contributed by atoms with van der Waals surface area (Å²) >= 11 is 0. The van der Waals surface area contributed by atoms with Gasteiger partial charge in [-0.2, -0.15) is 5.26 Å². The fourth-order valence-corrected chi connectivity index (χ4v) is 2.39. The van der Waals surface area contributed by atoms with Crippen LogP contribution in [0.1, 0.15) is 22.7 Å². The lowest BCUT2D eigenvalue weighted by atomic mass is 9.99. The van der Waals surface area contributed by atoms with Gasteiger partial charge in [-0.1, -0.05) is 24.3 Å². The van der Waals surface area contributed by atoms with E-state index in [0.717, 1.165) is 11.1 Å². The molecule has 2 aromatic carbocycles. The SMILES string of the molecule is N#Cc1ccc(NC2COCc3ccccc32)c(F)c1. The molecule has 0 aliphatic carbocycles. The van der Waals surface area contributed by atoms with E-state index in [0.29, 0.717) is 24.5 Å². The number of hydrogen-bond acceptors (Lipinski definition) is 3. The summed E-state index contributed by atoms with van der Waals surface area (Å²) in [4.78, 5) is 0. The predicted molar refractivity (Wildman–Crippen MR) is 73.6 cm³/mol. The van der Waals surface area contributed by atoms with E-state index >= 15 is 0 Å². The second kappa shape index (κ2) is 5.32. The quantitative estimate of drug-likeness (QED) is 0.908. The maximum atomic E-state index is 13.9. The normalized spacial score (nSPS) is 17.1. The Morgan fingerprint density at radius 3 is 2.90 bits per heavy atom. The highest BCUT2D eigenvalue weighted by Crippen LogP contribution is 2.29. The van der Waals surface area contributed by atoms with E-state index in [9.17, 15) is 4.39 Å². The Morgan fingerprint density at radius 1 is 1.25 bits per heavy atom. The van der Waals surface area contributed by atoms with Crippen LogP contribution in [0.25, 0.3) is 0 Å². The zero-order chi connectivity index (χ0) is 13.9. The molecule has 0 aromatic heterocycles. The Labute approximate surface area is 116 Å². The van der Waals surface area contributed by atoms with Gasteiger partial charge in [0.05, 0.1) is 36.6 Å². The molecule has 1 aliphatic rings. The number of fused-ring (bicyclic) bond motifs is 1. The monoisotopic (exact) mass is 268 g/mol. The van der Waals surface area contributed by atoms with Gasteiger partial charge >= 0.3 is 0 Å². The van der Waals surface area contributed by atoms with E-state index in [1.807, 2.05) is 30.3 Å². The number of rotatable bonds is 2. The largest absolute Gasteiger partial charge is 0.374 e. The van der Waals surface area contributed by atoms with Crippen LogP contribution >= 0.6 is 0 Å². The molecule has 3 nitrogen and oxygen atoms in total. The second-order valence-electron chi connectivity index (χ2n) is 4.72. The topological polar surface area (TPSA) is 45.0 Å². The third kappa shape index (κ3) is 2.36. The van der Waals surface area contributed by atoms with Crippen molar-refractivity contribution >= 4 is 5.69 Å². The fourth-order valence-electron chi connectivity index (χ4n) is 2.39. The summed E-state index contributed by atoms with van der Waals surface area (Å²) in [6, 6.07) is 14.2. The zero-order valence-electron chi connectivity index (χ0n) is 10.8. The van der Waals surface area contributed by atoms with Crippen molar-refractivity contribution in [2.24, 2.45) is 0 Å². The van der Waals surface area contributed by atoms with Crippen LogP contribution in [0.4, 0.5) is 10.1 Å². The van der Waals surface area contributed by atoms with Crippen LogP contribution in [0.5, 0.6) is 0 Å². The Morgan fingerprint density at radius 2 is 2.10 bits per heavy atom. The molecule has 2 aromatic rings. The van der Waals surface area contributed by atoms with Gasteiger partial charge in [0, 0.05) is 0 Å². The average Bonchev–Trinajstić information content (AvgIpc) is 2.49. The standard InChI is InChI=1S/C16H13FN2O/c17-14-7-11(8-18)5-6-15(14)19-16-10-20-9-12-3-1-2-4-13(12)16/h1-7,16,19H,9-10H2. The number of anilines is 1. The van der Waals surface area contributed by atoms with Gasteiger partial charge in [-0.25, -0.2) is 4.39 Å². The maximum absolute atomic E-state index is 13.9. The lowest BCUT2D eigenvalue weighted by molar-refractivity contribution is 0.0969. The highest BCUT2D eigenvalue weighted by molar-refractivity contribution is 5.51. The highest BCUT2D eigenvalue weighted by Gasteiger charge is 2.21. The Kier molecular flexibility index (Phi) is 3.36. The lowest BCUT2D eigenvalue weighted by Gasteiger charge is -2.27. The molecular weight excluding hydrogens is 255 g/mol. The molecule has 0 amide bonds. The summed E-state index contributed by atoms with van der Waals surface area (Å²) in [6.45, 7) is 1.08. The smallest absolute Gasteiger partial charge is 0.147 e. The Balaban J connectivity index is 1.88. The molecule has 1 aliphatic heterocycles. The summed E-state index contributed by atoms with van der Waals surface area (Å²) in [5, 5.41) is 11.9. The lowest BCUT2D eigenvalue weighted by Crippen LogP contribution is -2.23. The van der Waals surface area contributed by atoms with Crippen molar-refractivity contribution < 1.29 is 9.13 Å². The zero-order valence-corrected chi connectivity index (χ0v) is 10.8. The van der Waals surface area contributed by atoms with E-state index in [1.165, 1.54) is 6.07 Å². The summed E-state index contributed by atoms with van der Waals surface area (Å²) < 4.78 is 19.4. The molecule has 0 fully saturated rings. The van der Waals surface area contributed by atoms with Gasteiger partial charge in [0.2, 0.25) is 0 Å². The van der Waals surface area contributed by atoms with Gasteiger partial charge in [0.15, 0.2) is 0 Å². The number of halogens is 1. The molecule has 0 saturated heterocycles. The van der Waals surface area contributed by atoms with Gasteiger partial charge in [0.25, 0.3) is 0 Å². The van der Waals surface area contributed by atoms with Crippen molar-refractivity contribution in [2.45, 2.75) is 12.6 Å². The van der Waals surface area contributed by atoms with E-state index < -0.39 is 5.82 Å². The van der Waals surface area contributed by atoms with Crippen molar-refractivity contribution in [1.82, 2.24) is 0 Å². The van der Waals surface area contributed by atoms with Crippen molar-refractivity contribution in [3.05, 3.63) is 65.0 Å². The molecule has 0 bridgehead atoms. The summed E-state index contributed by atoms with van der Waals surface area (Å²) in [5.74, 6) is -0.424. The molecule has 4 heteroatoms. The molecule has 0 spiro atoms. The van der Waals surface area contributed by atoms with Crippen LogP contribution in [0.3, 0.4) is 0 Å². The number of nitriles is 1. The second-order valence-corrected chi connectivity index (χ2v) is 4.72. The summed E-state index contributed by atoms with van der Waals surface area (Å²) in [7, 11) is 0. The Hall–Kier alpha value is -2.38. The molecule has 1 heterocycles. The third-order valence-corrected chi connectivity index (χ3v) is 3.40. The molecule has 1 atom stereocenters. The number of hydrogen-bond donors (Lipinski definition) is 1. The van der Waals surface area contributed by atoms with Crippen LogP contribution in [-0.2, 0) is 11.3 Å². The minimum absolute atomic E-state index is 0.0811. The molecule has 3 rings (SSSR count). The maximum Gasteiger partial charge on any atom is 0.147 e. The highest BCUT2D eigenvalue weighted by atomic mass is 19.1. The molecule has 0 saturated carbocycles. The molecule has 1 unspecified atom stereocenters. The first-order chi connectivity index (χ1) is 9.78. The molecular formula is C16H13FN2O. The van der Waals surface area contributed by atoms with E-state index in [1.54, 1.807) is 12.1 Å². The van der Waals surface area contributed by atoms with Crippen LogP contribution < -0.4 is 5.32 Å². The van der Waals surface area contributed by atoms with Gasteiger partial charge in [0.1, 0.15) is 5.82 Å². The number of ether oxygens (including phenoxy) is 1. The van der Waals surface area contributed by atoms with E-state index in [4.69, 9.17) is 10.00 Å². The minimum Gasteiger partial charge on any atom is -0.374 e. The van der Waals surface area contributed by atoms with Crippen LogP contribution in [-0.4, -0.2) is 6.61 Å². The van der Waals surface area contributed by atoms with E-state index in [2.05, 4.69) is 5.32 Å². The van der Waals surface area contributed by atoms with Crippen molar-refractivity contribution in [2.75, 3.05) is 11.9 Å². The van der Waals surface area contributed by atoms with Crippen LogP contribution in [0.15, 0.2) is 42.5 Å². The number of nitrogens with zero attached hydrogens (tertiary/aromatic N) is 1. The summed E-state index contributed by atoms with van der Waals surface area (Å²) in [5.41, 5.74) is 2.94. The van der Waals surface area contributed by atoms with E-state index in [-0.39, 0.29) is 6.04 Å². The third-order valence-electron chi connectivity index (χ3n) is 3.40. The van der Waals surface area contributed by atoms with Crippen molar-refractivity contribution in [1.29, 1.82) is 5.26 Å². The summed E-state index contributed by atoms with van der Waals surface area (Å²) in [6.07, 6.45) is 0. The minimum atomic E-state index is -0.424. The molecule has 0 radical (unpaired) electrons. The Bertz CT molecular complexity index is 678. The first-order valence-electron chi connectivity index (χ1n) is 6.39. The number of nitrogens with one attached hydrogen (secondary N) is 1. The van der Waals surface area contributed by atoms with Gasteiger partial charge in [-0.05, 0) is 29.3 Å². The van der Waals surface area contributed by atoms with Crippen molar-refractivity contribution in [3.63, 3.8) is 0 Å². The molecule has 1 N–H and O–H groups in total. The number of benzene rings is 2. The van der Waals surface area contributed by atoms with Gasteiger partial charge < -0.3 is 10.1 Å². The molecule has 100 valence electrons. The van der Waals surface area contributed by atoms with Crippen LogP contribution in [0.2, 0.25) is 0 Å². The van der Waals surface area contributed by atoms with Crippen LogP contribution in [0, 0.1) is 17.1 Å². The first kappa shape index (κ1) is 12.6.